The quantitative estimate of drug-likeness (QED) is 0.293. The molecule has 3 aromatic rings. The first-order valence-corrected chi connectivity index (χ1v) is 17.5. The molecule has 2 atom stereocenters. The fourth-order valence-corrected chi connectivity index (χ4v) is 7.06. The molecule has 3 heterocycles. The summed E-state index contributed by atoms with van der Waals surface area (Å²) in [6.07, 6.45) is -3.61. The smallest absolute Gasteiger partial charge is 0.416 e. The van der Waals surface area contributed by atoms with Gasteiger partial charge in [-0.15, -0.1) is 0 Å². The van der Waals surface area contributed by atoms with E-state index in [2.05, 4.69) is 0 Å². The average Bonchev–Trinajstić information content (AvgIpc) is 3.52. The zero-order valence-corrected chi connectivity index (χ0v) is 29.3. The van der Waals surface area contributed by atoms with Crippen molar-refractivity contribution in [1.29, 1.82) is 0 Å². The molecule has 2 fully saturated rings. The molecule has 2 saturated heterocycles. The van der Waals surface area contributed by atoms with Crippen LogP contribution in [0.15, 0.2) is 71.7 Å². The minimum absolute atomic E-state index is 0.0639. The number of ether oxygens (including phenoxy) is 1. The lowest BCUT2D eigenvalue weighted by atomic mass is 9.93. The maximum Gasteiger partial charge on any atom is 0.416 e. The van der Waals surface area contributed by atoms with Crippen LogP contribution >= 0.6 is 23.2 Å². The summed E-state index contributed by atoms with van der Waals surface area (Å²) in [6, 6.07) is 15.2. The molecule has 3 aliphatic rings. The van der Waals surface area contributed by atoms with Crippen molar-refractivity contribution in [3.8, 4) is 5.75 Å². The first-order chi connectivity index (χ1) is 24.3. The first kappa shape index (κ1) is 36.3. The highest BCUT2D eigenvalue weighted by Crippen LogP contribution is 2.46. The van der Waals surface area contributed by atoms with Crippen molar-refractivity contribution in [2.75, 3.05) is 45.9 Å². The molecule has 6 rings (SSSR count). The van der Waals surface area contributed by atoms with Gasteiger partial charge in [0.2, 0.25) is 5.91 Å². The zero-order chi connectivity index (χ0) is 36.4. The summed E-state index contributed by atoms with van der Waals surface area (Å²) < 4.78 is 47.2. The van der Waals surface area contributed by atoms with Gasteiger partial charge in [-0.05, 0) is 73.4 Å². The van der Waals surface area contributed by atoms with Gasteiger partial charge in [0.1, 0.15) is 17.6 Å². The van der Waals surface area contributed by atoms with Crippen LogP contribution in [0, 0.1) is 5.92 Å². The Morgan fingerprint density at radius 3 is 1.86 bits per heavy atom. The van der Waals surface area contributed by atoms with Gasteiger partial charge in [0, 0.05) is 55.2 Å². The molecule has 15 heteroatoms. The van der Waals surface area contributed by atoms with E-state index in [1.54, 1.807) is 70.2 Å². The Morgan fingerprint density at radius 2 is 1.33 bits per heavy atom. The molecule has 0 bridgehead atoms. The maximum absolute atomic E-state index is 14.8. The second kappa shape index (κ2) is 15.0. The predicted octanol–water partition coefficient (Wildman–Crippen LogP) is 7.01. The molecule has 0 radical (unpaired) electrons. The molecule has 5 amide bonds. The number of rotatable bonds is 6. The number of hydrogen-bond donors (Lipinski definition) is 1. The summed E-state index contributed by atoms with van der Waals surface area (Å²) in [7, 11) is 0. The molecule has 3 aromatic carbocycles. The van der Waals surface area contributed by atoms with E-state index in [1.807, 2.05) is 0 Å². The number of benzene rings is 3. The Balaban J connectivity index is 1.35. The Morgan fingerprint density at radius 1 is 0.804 bits per heavy atom. The number of carbonyl (C=O) groups is 3. The number of amides is 5. The molecule has 2 unspecified atom stereocenters. The normalized spacial score (nSPS) is 20.0. The Kier molecular flexibility index (Phi) is 10.7. The lowest BCUT2D eigenvalue weighted by molar-refractivity contribution is -0.137. The summed E-state index contributed by atoms with van der Waals surface area (Å²) >= 11 is 12.5. The average molecular weight is 746 g/mol. The number of amidine groups is 1. The van der Waals surface area contributed by atoms with Crippen molar-refractivity contribution in [3.63, 3.8) is 0 Å². The monoisotopic (exact) mass is 744 g/mol. The summed E-state index contributed by atoms with van der Waals surface area (Å²) in [5.74, 6) is -0.532. The third-order valence-electron chi connectivity index (χ3n) is 9.53. The molecule has 0 spiro atoms. The highest BCUT2D eigenvalue weighted by atomic mass is 35.5. The number of hydrogen-bond acceptors (Lipinski definition) is 5. The lowest BCUT2D eigenvalue weighted by Crippen LogP contribution is -2.57. The van der Waals surface area contributed by atoms with Gasteiger partial charge in [0.25, 0.3) is 0 Å². The Bertz CT molecular complexity index is 1790. The van der Waals surface area contributed by atoms with Gasteiger partial charge in [-0.3, -0.25) is 14.7 Å². The van der Waals surface area contributed by atoms with Gasteiger partial charge in [0.15, 0.2) is 0 Å². The molecular formula is C36H37Cl2F3N6O4. The fraction of sp³-hybridized carbons (Fsp3) is 0.389. The molecule has 270 valence electrons. The third kappa shape index (κ3) is 7.74. The largest absolute Gasteiger partial charge is 0.493 e. The molecule has 2 N–H and O–H groups in total. The van der Waals surface area contributed by atoms with Crippen LogP contribution in [0.1, 0.15) is 54.1 Å². The van der Waals surface area contributed by atoms with Gasteiger partial charge >= 0.3 is 18.2 Å². The minimum atomic E-state index is -4.62. The van der Waals surface area contributed by atoms with Gasteiger partial charge in [-0.25, -0.2) is 9.59 Å². The highest BCUT2D eigenvalue weighted by molar-refractivity contribution is 6.30. The highest BCUT2D eigenvalue weighted by Gasteiger charge is 2.45. The van der Waals surface area contributed by atoms with Crippen molar-refractivity contribution in [2.24, 2.45) is 16.6 Å². The number of likely N-dealkylation sites (tertiary alicyclic amines) is 1. The number of urea groups is 2. The van der Waals surface area contributed by atoms with Crippen LogP contribution in [0.3, 0.4) is 0 Å². The number of nitrogens with two attached hydrogens (primary N) is 1. The summed E-state index contributed by atoms with van der Waals surface area (Å²) in [4.78, 5) is 51.3. The Labute approximate surface area is 303 Å². The molecule has 3 aliphatic heterocycles. The number of halogens is 5. The number of nitrogens with zero attached hydrogens (tertiary/aromatic N) is 5. The lowest BCUT2D eigenvalue weighted by Gasteiger charge is -2.41. The van der Waals surface area contributed by atoms with Crippen LogP contribution in [0.4, 0.5) is 22.8 Å². The van der Waals surface area contributed by atoms with E-state index in [-0.39, 0.29) is 67.8 Å². The van der Waals surface area contributed by atoms with Crippen molar-refractivity contribution in [3.05, 3.63) is 99.0 Å². The van der Waals surface area contributed by atoms with Crippen molar-refractivity contribution < 1.29 is 32.3 Å². The van der Waals surface area contributed by atoms with Crippen LogP contribution < -0.4 is 10.5 Å². The van der Waals surface area contributed by atoms with Crippen LogP contribution in [0.2, 0.25) is 10.0 Å². The molecular weight excluding hydrogens is 708 g/mol. The molecule has 10 nitrogen and oxygen atoms in total. The van der Waals surface area contributed by atoms with E-state index < -0.39 is 29.9 Å². The second-order valence-electron chi connectivity index (χ2n) is 12.7. The SMILES string of the molecule is CCOc1cc(C(F)(F)F)ccc1C1=NC(c2ccc(Cl)cc2)C(c2ccc(Cl)cc2)N1C(=O)N1CCN(C(=O)N2CCC(C(N)=O)CC2)CC1. The van der Waals surface area contributed by atoms with Crippen molar-refractivity contribution in [1.82, 2.24) is 19.6 Å². The van der Waals surface area contributed by atoms with Gasteiger partial charge in [-0.2, -0.15) is 13.2 Å². The topological polar surface area (TPSA) is 112 Å². The number of piperazine rings is 1. The summed E-state index contributed by atoms with van der Waals surface area (Å²) in [5, 5.41) is 0.989. The van der Waals surface area contributed by atoms with Crippen LogP contribution in [0.5, 0.6) is 5.75 Å². The molecule has 0 saturated carbocycles. The predicted molar refractivity (Wildman–Crippen MR) is 187 cm³/mol. The Hall–Kier alpha value is -4.49. The van der Waals surface area contributed by atoms with Crippen LogP contribution in [-0.2, 0) is 11.0 Å². The van der Waals surface area contributed by atoms with Crippen LogP contribution in [-0.4, -0.2) is 89.3 Å². The first-order valence-electron chi connectivity index (χ1n) is 16.7. The van der Waals surface area contributed by atoms with E-state index >= 15 is 0 Å². The molecule has 0 aliphatic carbocycles. The zero-order valence-electron chi connectivity index (χ0n) is 27.8. The van der Waals surface area contributed by atoms with Gasteiger partial charge in [-0.1, -0.05) is 47.5 Å². The van der Waals surface area contributed by atoms with Crippen molar-refractivity contribution in [2.45, 2.75) is 38.0 Å². The van der Waals surface area contributed by atoms with Crippen LogP contribution in [0.25, 0.3) is 0 Å². The van der Waals surface area contributed by atoms with Crippen molar-refractivity contribution >= 4 is 47.0 Å². The number of piperidine rings is 1. The number of aliphatic imine (C=N–C) groups is 1. The third-order valence-corrected chi connectivity index (χ3v) is 10.0. The van der Waals surface area contributed by atoms with E-state index in [4.69, 9.17) is 38.7 Å². The van der Waals surface area contributed by atoms with Gasteiger partial charge < -0.3 is 25.2 Å². The minimum Gasteiger partial charge on any atom is -0.493 e. The fourth-order valence-electron chi connectivity index (χ4n) is 6.81. The van der Waals surface area contributed by atoms with Gasteiger partial charge in [0.05, 0.1) is 23.8 Å². The van der Waals surface area contributed by atoms with E-state index in [1.165, 1.54) is 11.0 Å². The number of alkyl halides is 3. The summed E-state index contributed by atoms with van der Waals surface area (Å²) in [6.45, 7) is 3.51. The standard InChI is InChI=1S/C36H37Cl2F3N6O4/c1-2-51-29-21-25(36(39,40)41)7-12-28(29)33-43-30(22-3-8-26(37)9-4-22)31(23-5-10-27(38)11-6-23)47(33)35(50)46-19-17-45(18-20-46)34(49)44-15-13-24(14-16-44)32(42)48/h3-12,21,24,30-31H,2,13-20H2,1H3,(H2,42,48). The second-order valence-corrected chi connectivity index (χ2v) is 13.5. The van der Waals surface area contributed by atoms with E-state index in [0.717, 1.165) is 17.7 Å². The number of primary amides is 1. The molecule has 51 heavy (non-hydrogen) atoms. The van der Waals surface area contributed by atoms with E-state index in [9.17, 15) is 27.6 Å². The molecule has 0 aromatic heterocycles. The summed E-state index contributed by atoms with van der Waals surface area (Å²) in [5.41, 5.74) is 6.21. The maximum atomic E-state index is 14.8. The number of carbonyl (C=O) groups excluding carboxylic acids is 3. The van der Waals surface area contributed by atoms with E-state index in [0.29, 0.717) is 41.5 Å².